The number of aromatic nitrogens is 2. The number of methoxy groups -OCH3 is 1. The second-order valence-corrected chi connectivity index (χ2v) is 8.03. The molecule has 2 heterocycles. The Kier molecular flexibility index (Phi) is 5.67. The Morgan fingerprint density at radius 3 is 2.79 bits per heavy atom. The zero-order chi connectivity index (χ0) is 20.2. The fourth-order valence-corrected chi connectivity index (χ4v) is 4.62. The molecule has 1 atom stereocenters. The van der Waals surface area contributed by atoms with Gasteiger partial charge in [-0.2, -0.15) is 0 Å². The molecule has 0 aliphatic carbocycles. The highest BCUT2D eigenvalue weighted by molar-refractivity contribution is 8.00. The van der Waals surface area contributed by atoms with Gasteiger partial charge >= 0.3 is 0 Å². The lowest BCUT2D eigenvalue weighted by atomic mass is 10.1. The number of carbonyl (C=O) groups is 1. The summed E-state index contributed by atoms with van der Waals surface area (Å²) in [5.74, 6) is 1.63. The van der Waals surface area contributed by atoms with Crippen molar-refractivity contribution in [2.45, 2.75) is 30.0 Å². The molecule has 0 spiro atoms. The summed E-state index contributed by atoms with van der Waals surface area (Å²) in [4.78, 5) is 21.4. The van der Waals surface area contributed by atoms with E-state index in [0.717, 1.165) is 39.8 Å². The highest BCUT2D eigenvalue weighted by Gasteiger charge is 2.28. The molecule has 2 N–H and O–H groups in total. The average molecular weight is 407 g/mol. The van der Waals surface area contributed by atoms with Crippen LogP contribution in [0.25, 0.3) is 0 Å². The lowest BCUT2D eigenvalue weighted by molar-refractivity contribution is -0.114. The van der Waals surface area contributed by atoms with E-state index in [0.29, 0.717) is 6.54 Å². The number of nitrogens with zero attached hydrogens (tertiary/aromatic N) is 2. The molecule has 0 saturated heterocycles. The van der Waals surface area contributed by atoms with Crippen molar-refractivity contribution in [3.8, 4) is 5.75 Å². The van der Waals surface area contributed by atoms with E-state index in [9.17, 15) is 4.79 Å². The van der Waals surface area contributed by atoms with Crippen molar-refractivity contribution in [3.05, 3.63) is 71.7 Å². The molecule has 1 aliphatic rings. The first-order valence-electron chi connectivity index (χ1n) is 9.37. The predicted molar refractivity (Wildman–Crippen MR) is 115 cm³/mol. The lowest BCUT2D eigenvalue weighted by Crippen LogP contribution is -2.06. The smallest absolute Gasteiger partial charge is 0.221 e. The first kappa shape index (κ1) is 19.3. The number of ether oxygens (including phenoxy) is 1. The van der Waals surface area contributed by atoms with Gasteiger partial charge in [0, 0.05) is 30.8 Å². The Balaban J connectivity index is 1.48. The molecule has 148 valence electrons. The van der Waals surface area contributed by atoms with Gasteiger partial charge in [0.25, 0.3) is 0 Å². The quantitative estimate of drug-likeness (QED) is 0.630. The summed E-state index contributed by atoms with van der Waals surface area (Å²) in [6, 6.07) is 16.0. The van der Waals surface area contributed by atoms with E-state index in [-0.39, 0.29) is 11.2 Å². The molecule has 1 aliphatic heterocycles. The molecule has 0 saturated carbocycles. The van der Waals surface area contributed by atoms with Crippen LogP contribution in [-0.2, 0) is 17.8 Å². The van der Waals surface area contributed by atoms with Crippen molar-refractivity contribution in [3.63, 3.8) is 0 Å². The maximum Gasteiger partial charge on any atom is 0.221 e. The minimum Gasteiger partial charge on any atom is -0.497 e. The molecule has 0 bridgehead atoms. The fraction of sp³-hybridized carbons (Fsp3) is 0.227. The Bertz CT molecular complexity index is 1020. The standard InChI is InChI=1S/C22H22N4O2S/c1-14(27)26-17-5-3-4-16(10-17)20-11-19-21(29-20)22(25-13-24-19)23-12-15-6-8-18(28-2)9-7-15/h3-10,13,20H,11-12H2,1-2H3,(H,26,27)(H,23,24,25). The number of nitrogens with one attached hydrogen (secondary N) is 2. The minimum atomic E-state index is -0.0691. The third-order valence-corrected chi connectivity index (χ3v) is 6.10. The van der Waals surface area contributed by atoms with Gasteiger partial charge in [-0.05, 0) is 35.4 Å². The van der Waals surface area contributed by atoms with Crippen molar-refractivity contribution in [2.24, 2.45) is 0 Å². The van der Waals surface area contributed by atoms with Crippen molar-refractivity contribution in [2.75, 3.05) is 17.7 Å². The summed E-state index contributed by atoms with van der Waals surface area (Å²) < 4.78 is 5.21. The minimum absolute atomic E-state index is 0.0691. The summed E-state index contributed by atoms with van der Waals surface area (Å²) in [6.45, 7) is 2.19. The Morgan fingerprint density at radius 2 is 2.03 bits per heavy atom. The van der Waals surface area contributed by atoms with E-state index >= 15 is 0 Å². The maximum atomic E-state index is 11.3. The average Bonchev–Trinajstić information content (AvgIpc) is 3.17. The van der Waals surface area contributed by atoms with Gasteiger partial charge in [-0.1, -0.05) is 24.3 Å². The largest absolute Gasteiger partial charge is 0.497 e. The van der Waals surface area contributed by atoms with Gasteiger partial charge in [-0.3, -0.25) is 4.79 Å². The maximum absolute atomic E-state index is 11.3. The molecular formula is C22H22N4O2S. The topological polar surface area (TPSA) is 76.1 Å². The van der Waals surface area contributed by atoms with Crippen LogP contribution >= 0.6 is 11.8 Å². The molecule has 1 unspecified atom stereocenters. The Labute approximate surface area is 174 Å². The fourth-order valence-electron chi connectivity index (χ4n) is 3.30. The van der Waals surface area contributed by atoms with Crippen molar-refractivity contribution in [1.29, 1.82) is 0 Å². The summed E-state index contributed by atoms with van der Waals surface area (Å²) in [5, 5.41) is 6.54. The van der Waals surface area contributed by atoms with Gasteiger partial charge in [0.15, 0.2) is 0 Å². The zero-order valence-electron chi connectivity index (χ0n) is 16.3. The number of anilines is 2. The van der Waals surface area contributed by atoms with Crippen molar-refractivity contribution in [1.82, 2.24) is 9.97 Å². The molecule has 1 aromatic heterocycles. The normalized spacial score (nSPS) is 14.9. The van der Waals surface area contributed by atoms with Crippen molar-refractivity contribution < 1.29 is 9.53 Å². The number of hydrogen-bond donors (Lipinski definition) is 2. The predicted octanol–water partition coefficient (Wildman–Crippen LogP) is 4.45. The molecule has 4 rings (SSSR count). The van der Waals surface area contributed by atoms with Crippen LogP contribution in [0.1, 0.15) is 29.0 Å². The summed E-state index contributed by atoms with van der Waals surface area (Å²) in [6.07, 6.45) is 2.45. The molecular weight excluding hydrogens is 384 g/mol. The van der Waals surface area contributed by atoms with Gasteiger partial charge in [0.1, 0.15) is 17.9 Å². The molecule has 0 fully saturated rings. The van der Waals surface area contributed by atoms with Crippen LogP contribution in [0, 0.1) is 0 Å². The number of carbonyl (C=O) groups excluding carboxylic acids is 1. The number of hydrogen-bond acceptors (Lipinski definition) is 6. The number of fused-ring (bicyclic) bond motifs is 1. The molecule has 3 aromatic rings. The second kappa shape index (κ2) is 8.53. The number of thioether (sulfide) groups is 1. The van der Waals surface area contributed by atoms with Gasteiger partial charge in [0.05, 0.1) is 17.7 Å². The zero-order valence-corrected chi connectivity index (χ0v) is 17.1. The first-order valence-corrected chi connectivity index (χ1v) is 10.2. The van der Waals surface area contributed by atoms with Crippen molar-refractivity contribution >= 4 is 29.2 Å². The SMILES string of the molecule is COc1ccc(CNc2ncnc3c2SC(c2cccc(NC(C)=O)c2)C3)cc1. The van der Waals surface area contributed by atoms with Crippen LogP contribution in [-0.4, -0.2) is 23.0 Å². The van der Waals surface area contributed by atoms with E-state index in [1.54, 1.807) is 25.2 Å². The van der Waals surface area contributed by atoms with Crippen LogP contribution < -0.4 is 15.4 Å². The molecule has 6 nitrogen and oxygen atoms in total. The lowest BCUT2D eigenvalue weighted by Gasteiger charge is -2.12. The molecule has 7 heteroatoms. The second-order valence-electron chi connectivity index (χ2n) is 6.82. The molecule has 0 radical (unpaired) electrons. The van der Waals surface area contributed by atoms with Gasteiger partial charge in [-0.15, -0.1) is 11.8 Å². The summed E-state index contributed by atoms with van der Waals surface area (Å²) in [7, 11) is 1.66. The van der Waals surface area contributed by atoms with E-state index in [1.807, 2.05) is 42.5 Å². The van der Waals surface area contributed by atoms with Crippen LogP contribution in [0.3, 0.4) is 0 Å². The van der Waals surface area contributed by atoms with Crippen LogP contribution in [0.4, 0.5) is 11.5 Å². The Morgan fingerprint density at radius 1 is 1.21 bits per heavy atom. The number of benzene rings is 2. The van der Waals surface area contributed by atoms with Gasteiger partial charge in [0.2, 0.25) is 5.91 Å². The highest BCUT2D eigenvalue weighted by atomic mass is 32.2. The van der Waals surface area contributed by atoms with E-state index in [1.165, 1.54) is 12.5 Å². The van der Waals surface area contributed by atoms with Crippen LogP contribution in [0.15, 0.2) is 59.8 Å². The molecule has 29 heavy (non-hydrogen) atoms. The summed E-state index contributed by atoms with van der Waals surface area (Å²) >= 11 is 1.76. The van der Waals surface area contributed by atoms with Gasteiger partial charge < -0.3 is 15.4 Å². The monoisotopic (exact) mass is 406 g/mol. The van der Waals surface area contributed by atoms with E-state index < -0.39 is 0 Å². The third-order valence-electron chi connectivity index (χ3n) is 4.71. The summed E-state index contributed by atoms with van der Waals surface area (Å²) in [5.41, 5.74) is 4.19. The molecule has 2 aromatic carbocycles. The first-order chi connectivity index (χ1) is 14.1. The van der Waals surface area contributed by atoms with Gasteiger partial charge in [-0.25, -0.2) is 9.97 Å². The third kappa shape index (κ3) is 4.51. The Hall–Kier alpha value is -3.06. The number of amides is 1. The van der Waals surface area contributed by atoms with Crippen LogP contribution in [0.2, 0.25) is 0 Å². The molecule has 1 amide bonds. The highest BCUT2D eigenvalue weighted by Crippen LogP contribution is 2.48. The van der Waals surface area contributed by atoms with E-state index in [4.69, 9.17) is 4.74 Å². The van der Waals surface area contributed by atoms with Crippen LogP contribution in [0.5, 0.6) is 5.75 Å². The van der Waals surface area contributed by atoms with E-state index in [2.05, 4.69) is 26.7 Å². The number of rotatable bonds is 6.